The molecule has 3 unspecified atom stereocenters. The fraction of sp³-hybridized carbons (Fsp3) is 0.846. The number of hydrogen-bond donors (Lipinski definition) is 1. The van der Waals surface area contributed by atoms with Crippen LogP contribution >= 0.6 is 0 Å². The molecule has 0 radical (unpaired) electrons. The van der Waals surface area contributed by atoms with Gasteiger partial charge in [0.25, 0.3) is 0 Å². The number of aliphatic carboxylic acids is 1. The van der Waals surface area contributed by atoms with E-state index < -0.39 is 12.0 Å². The van der Waals surface area contributed by atoms with Crippen molar-refractivity contribution in [3.05, 3.63) is 0 Å². The summed E-state index contributed by atoms with van der Waals surface area (Å²) < 4.78 is 0. The Morgan fingerprint density at radius 1 is 1.29 bits per heavy atom. The van der Waals surface area contributed by atoms with Gasteiger partial charge in [0.1, 0.15) is 6.04 Å². The zero-order valence-electron chi connectivity index (χ0n) is 11.1. The molecule has 1 fully saturated rings. The van der Waals surface area contributed by atoms with Gasteiger partial charge in [-0.2, -0.15) is 0 Å². The molecule has 0 aromatic rings. The topological polar surface area (TPSA) is 57.6 Å². The summed E-state index contributed by atoms with van der Waals surface area (Å²) in [6, 6.07) is -0.641. The van der Waals surface area contributed by atoms with Crippen LogP contribution in [0.15, 0.2) is 0 Å². The molecule has 98 valence electrons. The molecule has 4 heteroatoms. The minimum Gasteiger partial charge on any atom is -0.480 e. The summed E-state index contributed by atoms with van der Waals surface area (Å²) >= 11 is 0. The maximum atomic E-state index is 12.3. The molecule has 1 saturated heterocycles. The first-order chi connectivity index (χ1) is 7.86. The minimum atomic E-state index is -0.874. The average Bonchev–Trinajstić information content (AvgIpc) is 2.25. The van der Waals surface area contributed by atoms with Crippen LogP contribution in [0.3, 0.4) is 0 Å². The van der Waals surface area contributed by atoms with Crippen LogP contribution in [0, 0.1) is 17.8 Å². The van der Waals surface area contributed by atoms with Crippen molar-refractivity contribution in [1.82, 2.24) is 4.90 Å². The molecule has 3 atom stereocenters. The molecular weight excluding hydrogens is 218 g/mol. The van der Waals surface area contributed by atoms with E-state index in [1.165, 1.54) is 0 Å². The van der Waals surface area contributed by atoms with Crippen molar-refractivity contribution < 1.29 is 14.7 Å². The summed E-state index contributed by atoms with van der Waals surface area (Å²) in [4.78, 5) is 25.1. The quantitative estimate of drug-likeness (QED) is 0.822. The van der Waals surface area contributed by atoms with Crippen molar-refractivity contribution in [2.75, 3.05) is 6.54 Å². The molecule has 1 aliphatic heterocycles. The van der Waals surface area contributed by atoms with Crippen molar-refractivity contribution in [3.63, 3.8) is 0 Å². The lowest BCUT2D eigenvalue weighted by Gasteiger charge is -2.39. The summed E-state index contributed by atoms with van der Waals surface area (Å²) in [5, 5.41) is 9.25. The highest BCUT2D eigenvalue weighted by Gasteiger charge is 2.38. The van der Waals surface area contributed by atoms with Crippen LogP contribution in [0.2, 0.25) is 0 Å². The van der Waals surface area contributed by atoms with E-state index in [0.29, 0.717) is 6.54 Å². The molecule has 1 rings (SSSR count). The molecule has 17 heavy (non-hydrogen) atoms. The van der Waals surface area contributed by atoms with Crippen LogP contribution in [0.5, 0.6) is 0 Å². The summed E-state index contributed by atoms with van der Waals surface area (Å²) in [5.74, 6) is -0.707. The second kappa shape index (κ2) is 5.52. The maximum Gasteiger partial charge on any atom is 0.326 e. The fourth-order valence-corrected chi connectivity index (χ4v) is 2.36. The van der Waals surface area contributed by atoms with Gasteiger partial charge in [0, 0.05) is 12.5 Å². The number of nitrogens with zero attached hydrogens (tertiary/aromatic N) is 1. The first-order valence-corrected chi connectivity index (χ1v) is 6.39. The number of carboxylic acid groups (broad SMARTS) is 1. The monoisotopic (exact) mass is 241 g/mol. The van der Waals surface area contributed by atoms with Crippen molar-refractivity contribution in [1.29, 1.82) is 0 Å². The van der Waals surface area contributed by atoms with Crippen LogP contribution in [0.25, 0.3) is 0 Å². The Morgan fingerprint density at radius 2 is 1.88 bits per heavy atom. The molecular formula is C13H23NO3. The van der Waals surface area contributed by atoms with Crippen LogP contribution in [0.4, 0.5) is 0 Å². The molecule has 0 saturated carbocycles. The van der Waals surface area contributed by atoms with Gasteiger partial charge in [0.05, 0.1) is 0 Å². The Labute approximate surface area is 103 Å². The van der Waals surface area contributed by atoms with E-state index in [9.17, 15) is 14.7 Å². The molecule has 0 bridgehead atoms. The number of piperidine rings is 1. The SMILES string of the molecule is CC(C)C(C)C(=O)N1CCCC(C)C1C(=O)O. The second-order valence-corrected chi connectivity index (χ2v) is 5.47. The van der Waals surface area contributed by atoms with Gasteiger partial charge in [-0.15, -0.1) is 0 Å². The zero-order chi connectivity index (χ0) is 13.2. The lowest BCUT2D eigenvalue weighted by Crippen LogP contribution is -2.53. The van der Waals surface area contributed by atoms with E-state index in [1.54, 1.807) is 4.90 Å². The highest BCUT2D eigenvalue weighted by molar-refractivity contribution is 5.85. The fourth-order valence-electron chi connectivity index (χ4n) is 2.36. The predicted molar refractivity (Wildman–Crippen MR) is 65.5 cm³/mol. The van der Waals surface area contributed by atoms with E-state index in [-0.39, 0.29) is 23.7 Å². The number of carboxylic acids is 1. The van der Waals surface area contributed by atoms with Gasteiger partial charge in [0.15, 0.2) is 0 Å². The largest absolute Gasteiger partial charge is 0.480 e. The third-order valence-electron chi connectivity index (χ3n) is 3.86. The number of rotatable bonds is 3. The highest BCUT2D eigenvalue weighted by Crippen LogP contribution is 2.26. The summed E-state index contributed by atoms with van der Waals surface area (Å²) in [6.45, 7) is 8.36. The molecule has 1 aliphatic rings. The molecule has 1 N–H and O–H groups in total. The number of amides is 1. The van der Waals surface area contributed by atoms with Gasteiger partial charge in [-0.05, 0) is 24.7 Å². The summed E-state index contributed by atoms with van der Waals surface area (Å²) in [5.41, 5.74) is 0. The van der Waals surface area contributed by atoms with Crippen LogP contribution in [-0.2, 0) is 9.59 Å². The second-order valence-electron chi connectivity index (χ2n) is 5.47. The lowest BCUT2D eigenvalue weighted by atomic mass is 9.88. The highest BCUT2D eigenvalue weighted by atomic mass is 16.4. The van der Waals surface area contributed by atoms with Crippen molar-refractivity contribution in [3.8, 4) is 0 Å². The Balaban J connectivity index is 2.86. The van der Waals surface area contributed by atoms with Gasteiger partial charge in [0.2, 0.25) is 5.91 Å². The zero-order valence-corrected chi connectivity index (χ0v) is 11.1. The maximum absolute atomic E-state index is 12.3. The Bertz CT molecular complexity index is 301. The molecule has 0 aromatic heterocycles. The molecule has 1 heterocycles. The van der Waals surface area contributed by atoms with E-state index in [2.05, 4.69) is 0 Å². The van der Waals surface area contributed by atoms with Gasteiger partial charge >= 0.3 is 5.97 Å². The van der Waals surface area contributed by atoms with Gasteiger partial charge < -0.3 is 10.0 Å². The van der Waals surface area contributed by atoms with Crippen LogP contribution in [0.1, 0.15) is 40.5 Å². The predicted octanol–water partition coefficient (Wildman–Crippen LogP) is 1.99. The molecule has 0 aliphatic carbocycles. The summed E-state index contributed by atoms with van der Waals surface area (Å²) in [6.07, 6.45) is 1.79. The molecule has 1 amide bonds. The Kier molecular flexibility index (Phi) is 4.54. The van der Waals surface area contributed by atoms with Crippen molar-refractivity contribution >= 4 is 11.9 Å². The van der Waals surface area contributed by atoms with Crippen molar-refractivity contribution in [2.45, 2.75) is 46.6 Å². The van der Waals surface area contributed by atoms with Gasteiger partial charge in [-0.1, -0.05) is 27.7 Å². The normalized spacial score (nSPS) is 27.0. The van der Waals surface area contributed by atoms with E-state index >= 15 is 0 Å². The number of hydrogen-bond acceptors (Lipinski definition) is 2. The Morgan fingerprint density at radius 3 is 2.35 bits per heavy atom. The van der Waals surface area contributed by atoms with Gasteiger partial charge in [-0.25, -0.2) is 4.79 Å². The van der Waals surface area contributed by atoms with Crippen LogP contribution < -0.4 is 0 Å². The first-order valence-electron chi connectivity index (χ1n) is 6.39. The number of carbonyl (C=O) groups is 2. The average molecular weight is 241 g/mol. The molecule has 0 aromatic carbocycles. The minimum absolute atomic E-state index is 0.0149. The number of likely N-dealkylation sites (tertiary alicyclic amines) is 1. The smallest absolute Gasteiger partial charge is 0.326 e. The standard InChI is InChI=1S/C13H23NO3/c1-8(2)10(4)12(15)14-7-5-6-9(3)11(14)13(16)17/h8-11H,5-7H2,1-4H3,(H,16,17). The van der Waals surface area contributed by atoms with Crippen molar-refractivity contribution in [2.24, 2.45) is 17.8 Å². The van der Waals surface area contributed by atoms with E-state index in [4.69, 9.17) is 0 Å². The summed E-state index contributed by atoms with van der Waals surface area (Å²) in [7, 11) is 0. The number of carbonyl (C=O) groups excluding carboxylic acids is 1. The molecule has 0 spiro atoms. The third kappa shape index (κ3) is 2.99. The lowest BCUT2D eigenvalue weighted by molar-refractivity contribution is -0.157. The van der Waals surface area contributed by atoms with Gasteiger partial charge in [-0.3, -0.25) is 4.79 Å². The first kappa shape index (κ1) is 14.0. The van der Waals surface area contributed by atoms with E-state index in [0.717, 1.165) is 12.8 Å². The Hall–Kier alpha value is -1.06. The van der Waals surface area contributed by atoms with E-state index in [1.807, 2.05) is 27.7 Å². The van der Waals surface area contributed by atoms with Crippen LogP contribution in [-0.4, -0.2) is 34.5 Å². The third-order valence-corrected chi connectivity index (χ3v) is 3.86. The molecule has 4 nitrogen and oxygen atoms in total.